The zero-order chi connectivity index (χ0) is 22.6. The Labute approximate surface area is 193 Å². The van der Waals surface area contributed by atoms with Crippen molar-refractivity contribution in [1.29, 1.82) is 0 Å². The second kappa shape index (κ2) is 9.49. The number of methoxy groups -OCH3 is 1. The molecule has 5 rings (SSSR count). The number of nitrogens with one attached hydrogen (secondary N) is 1. The molecule has 0 bridgehead atoms. The van der Waals surface area contributed by atoms with Gasteiger partial charge in [-0.3, -0.25) is 0 Å². The van der Waals surface area contributed by atoms with E-state index >= 15 is 0 Å². The van der Waals surface area contributed by atoms with E-state index in [0.29, 0.717) is 24.0 Å². The van der Waals surface area contributed by atoms with Crippen LogP contribution in [0.3, 0.4) is 0 Å². The molecule has 1 aliphatic rings. The lowest BCUT2D eigenvalue weighted by Gasteiger charge is -2.23. The number of hydrogen-bond donors (Lipinski definition) is 1. The fourth-order valence-electron chi connectivity index (χ4n) is 4.91. The highest BCUT2D eigenvalue weighted by atomic mass is 16.5. The van der Waals surface area contributed by atoms with Crippen LogP contribution in [0.5, 0.6) is 5.88 Å². The molecule has 168 valence electrons. The molecule has 0 unspecified atom stereocenters. The number of nitrogens with zero attached hydrogens (tertiary/aromatic N) is 1. The first-order valence-corrected chi connectivity index (χ1v) is 11.6. The number of fused-ring (bicyclic) bond motifs is 1. The summed E-state index contributed by atoms with van der Waals surface area (Å²) in [4.78, 5) is 20.3. The molecule has 4 aromatic rings. The minimum atomic E-state index is -0.333. The molecule has 2 aromatic heterocycles. The van der Waals surface area contributed by atoms with Crippen LogP contribution in [0.25, 0.3) is 22.2 Å². The van der Waals surface area contributed by atoms with Crippen LogP contribution in [-0.4, -0.2) is 23.0 Å². The normalized spacial score (nSPS) is 14.3. The Bertz CT molecular complexity index is 1260. The fraction of sp³-hybridized carbons (Fsp3) is 0.286. The molecule has 1 saturated carbocycles. The van der Waals surface area contributed by atoms with E-state index in [-0.39, 0.29) is 5.97 Å². The van der Waals surface area contributed by atoms with Crippen LogP contribution in [0.15, 0.2) is 66.9 Å². The van der Waals surface area contributed by atoms with Gasteiger partial charge in [0, 0.05) is 17.1 Å². The number of H-pyrrole nitrogens is 1. The van der Waals surface area contributed by atoms with Gasteiger partial charge in [0.15, 0.2) is 0 Å². The largest absolute Gasteiger partial charge is 0.472 e. The van der Waals surface area contributed by atoms with Crippen LogP contribution in [0.2, 0.25) is 0 Å². The van der Waals surface area contributed by atoms with Crippen LogP contribution in [-0.2, 0) is 11.3 Å². The van der Waals surface area contributed by atoms with Gasteiger partial charge < -0.3 is 14.5 Å². The Hall–Kier alpha value is -3.60. The molecule has 0 amide bonds. The number of aromatic nitrogens is 2. The smallest absolute Gasteiger partial charge is 0.337 e. The topological polar surface area (TPSA) is 64.2 Å². The van der Waals surface area contributed by atoms with E-state index < -0.39 is 0 Å². The predicted octanol–water partition coefficient (Wildman–Crippen LogP) is 6.64. The van der Waals surface area contributed by atoms with E-state index in [0.717, 1.165) is 27.7 Å². The molecule has 0 aliphatic heterocycles. The number of rotatable bonds is 6. The third-order valence-corrected chi connectivity index (χ3v) is 6.53. The molecule has 5 heteroatoms. The van der Waals surface area contributed by atoms with Gasteiger partial charge in [-0.2, -0.15) is 0 Å². The van der Waals surface area contributed by atoms with E-state index in [1.807, 2.05) is 54.6 Å². The van der Waals surface area contributed by atoms with Crippen molar-refractivity contribution >= 4 is 16.9 Å². The van der Waals surface area contributed by atoms with E-state index in [9.17, 15) is 4.79 Å². The minimum absolute atomic E-state index is 0.333. The zero-order valence-electron chi connectivity index (χ0n) is 18.8. The summed E-state index contributed by atoms with van der Waals surface area (Å²) in [5, 5.41) is 1.16. The van der Waals surface area contributed by atoms with Gasteiger partial charge in [-0.25, -0.2) is 9.78 Å². The third kappa shape index (κ3) is 4.36. The number of carbonyl (C=O) groups is 1. The second-order valence-electron chi connectivity index (χ2n) is 8.63. The standard InChI is InChI=1S/C28H28N2O3/c1-32-28(31)21-14-15-22-24(17-21)30-26(25(22)20-11-6-3-7-12-20)23-13-8-16-29-27(23)33-18-19-9-4-2-5-10-19/h2,4-5,8-10,13-17,20,30H,3,6-7,11-12,18H2,1H3. The molecule has 0 atom stereocenters. The van der Waals surface area contributed by atoms with Gasteiger partial charge in [0.25, 0.3) is 0 Å². The number of esters is 1. The van der Waals surface area contributed by atoms with Crippen LogP contribution < -0.4 is 4.74 Å². The lowest BCUT2D eigenvalue weighted by molar-refractivity contribution is 0.0601. The summed E-state index contributed by atoms with van der Waals surface area (Å²) < 4.78 is 11.1. The minimum Gasteiger partial charge on any atom is -0.472 e. The number of aromatic amines is 1. The van der Waals surface area contributed by atoms with Gasteiger partial charge in [-0.15, -0.1) is 0 Å². The monoisotopic (exact) mass is 440 g/mol. The highest BCUT2D eigenvalue weighted by Gasteiger charge is 2.26. The molecule has 1 fully saturated rings. The molecular formula is C28H28N2O3. The first-order chi connectivity index (χ1) is 16.2. The summed E-state index contributed by atoms with van der Waals surface area (Å²) in [6, 6.07) is 19.9. The van der Waals surface area contributed by atoms with Gasteiger partial charge in [0.1, 0.15) is 6.61 Å². The SMILES string of the molecule is COC(=O)c1ccc2c(C3CCCCC3)c(-c3cccnc3OCc3ccccc3)[nH]c2c1. The molecule has 0 saturated heterocycles. The number of carbonyl (C=O) groups excluding carboxylic acids is 1. The number of ether oxygens (including phenoxy) is 2. The van der Waals surface area contributed by atoms with E-state index in [2.05, 4.69) is 16.0 Å². The molecule has 33 heavy (non-hydrogen) atoms. The first-order valence-electron chi connectivity index (χ1n) is 11.6. The lowest BCUT2D eigenvalue weighted by atomic mass is 9.82. The van der Waals surface area contributed by atoms with Crippen molar-refractivity contribution in [3.8, 4) is 17.1 Å². The lowest BCUT2D eigenvalue weighted by Crippen LogP contribution is -2.06. The Morgan fingerprint density at radius 1 is 1.03 bits per heavy atom. The van der Waals surface area contributed by atoms with Gasteiger partial charge in [-0.05, 0) is 54.2 Å². The summed E-state index contributed by atoms with van der Waals surface area (Å²) in [5.74, 6) is 0.743. The van der Waals surface area contributed by atoms with Crippen molar-refractivity contribution < 1.29 is 14.3 Å². The quantitative estimate of drug-likeness (QED) is 0.341. The number of hydrogen-bond acceptors (Lipinski definition) is 4. The van der Waals surface area contributed by atoms with Crippen molar-refractivity contribution in [3.63, 3.8) is 0 Å². The summed E-state index contributed by atoms with van der Waals surface area (Å²) >= 11 is 0. The molecule has 1 aliphatic carbocycles. The van der Waals surface area contributed by atoms with Gasteiger partial charge in [0.05, 0.1) is 23.9 Å². The Morgan fingerprint density at radius 3 is 2.64 bits per heavy atom. The summed E-state index contributed by atoms with van der Waals surface area (Å²) in [7, 11) is 1.41. The Morgan fingerprint density at radius 2 is 1.85 bits per heavy atom. The van der Waals surface area contributed by atoms with Crippen LogP contribution in [0, 0.1) is 0 Å². The maximum Gasteiger partial charge on any atom is 0.337 e. The average molecular weight is 441 g/mol. The fourth-order valence-corrected chi connectivity index (χ4v) is 4.91. The summed E-state index contributed by atoms with van der Waals surface area (Å²) in [5.41, 5.74) is 5.87. The van der Waals surface area contributed by atoms with Crippen molar-refractivity contribution in [1.82, 2.24) is 9.97 Å². The van der Waals surface area contributed by atoms with Gasteiger partial charge in [-0.1, -0.05) is 55.7 Å². The molecule has 0 radical (unpaired) electrons. The average Bonchev–Trinajstić information content (AvgIpc) is 3.27. The Kier molecular flexibility index (Phi) is 6.11. The van der Waals surface area contributed by atoms with Crippen molar-refractivity contribution in [2.45, 2.75) is 44.6 Å². The van der Waals surface area contributed by atoms with E-state index in [1.54, 1.807) is 6.20 Å². The second-order valence-corrected chi connectivity index (χ2v) is 8.63. The molecule has 5 nitrogen and oxygen atoms in total. The van der Waals surface area contributed by atoms with Crippen molar-refractivity contribution in [3.05, 3.63) is 83.6 Å². The van der Waals surface area contributed by atoms with E-state index in [4.69, 9.17) is 9.47 Å². The maximum atomic E-state index is 12.1. The molecule has 2 heterocycles. The van der Waals surface area contributed by atoms with Crippen molar-refractivity contribution in [2.75, 3.05) is 7.11 Å². The summed E-state index contributed by atoms with van der Waals surface area (Å²) in [6.07, 6.45) is 7.86. The highest BCUT2D eigenvalue weighted by Crippen LogP contribution is 2.44. The first kappa shape index (κ1) is 21.3. The molecule has 2 aromatic carbocycles. The van der Waals surface area contributed by atoms with Crippen molar-refractivity contribution in [2.24, 2.45) is 0 Å². The van der Waals surface area contributed by atoms with Crippen LogP contribution >= 0.6 is 0 Å². The third-order valence-electron chi connectivity index (χ3n) is 6.53. The van der Waals surface area contributed by atoms with Gasteiger partial charge >= 0.3 is 5.97 Å². The predicted molar refractivity (Wildman–Crippen MR) is 129 cm³/mol. The molecular weight excluding hydrogens is 412 g/mol. The molecule has 1 N–H and O–H groups in total. The summed E-state index contributed by atoms with van der Waals surface area (Å²) in [6.45, 7) is 0.455. The molecule has 0 spiro atoms. The van der Waals surface area contributed by atoms with Gasteiger partial charge in [0.2, 0.25) is 5.88 Å². The number of pyridine rings is 1. The van der Waals surface area contributed by atoms with Crippen LogP contribution in [0.1, 0.15) is 59.5 Å². The highest BCUT2D eigenvalue weighted by molar-refractivity contribution is 5.98. The van der Waals surface area contributed by atoms with Crippen LogP contribution in [0.4, 0.5) is 0 Å². The zero-order valence-corrected chi connectivity index (χ0v) is 18.8. The Balaban J connectivity index is 1.60. The number of benzene rings is 2. The maximum absolute atomic E-state index is 12.1. The van der Waals surface area contributed by atoms with E-state index in [1.165, 1.54) is 44.8 Å².